The molecule has 1 heterocycles. The van der Waals surface area contributed by atoms with Crippen LogP contribution in [0.2, 0.25) is 0 Å². The summed E-state index contributed by atoms with van der Waals surface area (Å²) in [5, 5.41) is 18.3. The molecule has 0 unspecified atom stereocenters. The molecule has 2 aromatic rings. The molecule has 0 atom stereocenters. The number of rotatable bonds is 2. The van der Waals surface area contributed by atoms with Gasteiger partial charge in [0.1, 0.15) is 11.6 Å². The number of carbonyl (C=O) groups is 1. The second kappa shape index (κ2) is 4.48. The average molecular weight is 249 g/mol. The van der Waals surface area contributed by atoms with Crippen LogP contribution in [0.1, 0.15) is 21.7 Å². The molecular weight excluding hydrogens is 237 g/mol. The number of hydrogen-bond donors (Lipinski definition) is 3. The Hall–Kier alpha value is -2.37. The van der Waals surface area contributed by atoms with E-state index in [9.17, 15) is 9.18 Å². The van der Waals surface area contributed by atoms with Crippen molar-refractivity contribution in [2.45, 2.75) is 13.8 Å². The lowest BCUT2D eigenvalue weighted by molar-refractivity contribution is 0.102. The van der Waals surface area contributed by atoms with Crippen molar-refractivity contribution in [3.8, 4) is 5.75 Å². The summed E-state index contributed by atoms with van der Waals surface area (Å²) in [7, 11) is 0. The second-order valence-corrected chi connectivity index (χ2v) is 3.93. The van der Waals surface area contributed by atoms with Crippen LogP contribution >= 0.6 is 0 Å². The first-order chi connectivity index (χ1) is 8.49. The van der Waals surface area contributed by atoms with Crippen LogP contribution in [-0.2, 0) is 0 Å². The van der Waals surface area contributed by atoms with E-state index in [1.54, 1.807) is 13.8 Å². The van der Waals surface area contributed by atoms with Crippen LogP contribution in [0, 0.1) is 19.7 Å². The molecular formula is C12H12FN3O2. The number of aryl methyl sites for hydroxylation is 2. The molecule has 0 spiro atoms. The number of phenolic OH excluding ortho intramolecular Hbond substituents is 1. The molecule has 0 aliphatic carbocycles. The Morgan fingerprint density at radius 3 is 2.72 bits per heavy atom. The van der Waals surface area contributed by atoms with Crippen molar-refractivity contribution in [2.24, 2.45) is 0 Å². The zero-order valence-electron chi connectivity index (χ0n) is 9.91. The second-order valence-electron chi connectivity index (χ2n) is 3.93. The third kappa shape index (κ3) is 2.17. The summed E-state index contributed by atoms with van der Waals surface area (Å²) in [4.78, 5) is 11.9. The van der Waals surface area contributed by atoms with E-state index in [1.807, 2.05) is 0 Å². The number of aromatic amines is 1. The summed E-state index contributed by atoms with van der Waals surface area (Å²) in [6.07, 6.45) is 0. The number of benzene rings is 1. The first kappa shape index (κ1) is 12.1. The van der Waals surface area contributed by atoms with Crippen molar-refractivity contribution in [3.05, 3.63) is 41.0 Å². The summed E-state index contributed by atoms with van der Waals surface area (Å²) in [6.45, 7) is 3.48. The Bertz CT molecular complexity index is 588. The van der Waals surface area contributed by atoms with Crippen LogP contribution in [0.5, 0.6) is 5.75 Å². The zero-order valence-corrected chi connectivity index (χ0v) is 9.91. The molecule has 1 amide bonds. The lowest BCUT2D eigenvalue weighted by Gasteiger charge is -2.06. The fraction of sp³-hybridized carbons (Fsp3) is 0.167. The molecule has 0 aliphatic rings. The standard InChI is InChI=1S/C12H12FN3O2/c1-6-11(7(2)16-15-6)14-12(18)9-4-3-8(17)5-10(9)13/h3-5,17H,1-2H3,(H,14,18)(H,15,16). The molecule has 3 N–H and O–H groups in total. The number of aromatic nitrogens is 2. The minimum absolute atomic E-state index is 0.132. The molecule has 5 nitrogen and oxygen atoms in total. The van der Waals surface area contributed by atoms with Crippen molar-refractivity contribution in [1.82, 2.24) is 10.2 Å². The molecule has 0 fully saturated rings. The summed E-state index contributed by atoms with van der Waals surface area (Å²) in [5.41, 5.74) is 1.72. The van der Waals surface area contributed by atoms with Crippen molar-refractivity contribution in [1.29, 1.82) is 0 Å². The molecule has 1 aromatic heterocycles. The molecule has 0 aliphatic heterocycles. The number of anilines is 1. The predicted octanol–water partition coefficient (Wildman–Crippen LogP) is 2.12. The van der Waals surface area contributed by atoms with E-state index in [4.69, 9.17) is 5.11 Å². The molecule has 18 heavy (non-hydrogen) atoms. The topological polar surface area (TPSA) is 78.0 Å². The lowest BCUT2D eigenvalue weighted by Crippen LogP contribution is -2.14. The number of hydrogen-bond acceptors (Lipinski definition) is 3. The van der Waals surface area contributed by atoms with E-state index in [0.717, 1.165) is 6.07 Å². The third-order valence-corrected chi connectivity index (χ3v) is 2.56. The van der Waals surface area contributed by atoms with Gasteiger partial charge < -0.3 is 10.4 Å². The highest BCUT2D eigenvalue weighted by atomic mass is 19.1. The van der Waals surface area contributed by atoms with Gasteiger partial charge >= 0.3 is 0 Å². The average Bonchev–Trinajstić information content (AvgIpc) is 2.60. The summed E-state index contributed by atoms with van der Waals surface area (Å²) in [5.74, 6) is -1.58. The monoisotopic (exact) mass is 249 g/mol. The molecule has 1 aromatic carbocycles. The smallest absolute Gasteiger partial charge is 0.258 e. The van der Waals surface area contributed by atoms with Crippen molar-refractivity contribution >= 4 is 11.6 Å². The maximum atomic E-state index is 13.5. The summed E-state index contributed by atoms with van der Waals surface area (Å²) in [6, 6.07) is 3.38. The van der Waals surface area contributed by atoms with Gasteiger partial charge in [0.15, 0.2) is 0 Å². The van der Waals surface area contributed by atoms with Crippen molar-refractivity contribution in [3.63, 3.8) is 0 Å². The molecule has 94 valence electrons. The Balaban J connectivity index is 2.28. The lowest BCUT2D eigenvalue weighted by atomic mass is 10.2. The van der Waals surface area contributed by atoms with Gasteiger partial charge in [0.25, 0.3) is 5.91 Å². The van der Waals surface area contributed by atoms with Crippen molar-refractivity contribution < 1.29 is 14.3 Å². The van der Waals surface area contributed by atoms with E-state index in [0.29, 0.717) is 17.1 Å². The van der Waals surface area contributed by atoms with E-state index in [-0.39, 0.29) is 11.3 Å². The number of H-pyrrole nitrogens is 1. The Morgan fingerprint density at radius 2 is 2.17 bits per heavy atom. The minimum atomic E-state index is -0.772. The van der Waals surface area contributed by atoms with Gasteiger partial charge in [0, 0.05) is 6.07 Å². The molecule has 0 radical (unpaired) electrons. The van der Waals surface area contributed by atoms with Gasteiger partial charge in [0.05, 0.1) is 22.6 Å². The number of aromatic hydroxyl groups is 1. The Labute approximate surface area is 103 Å². The van der Waals surface area contributed by atoms with Crippen LogP contribution < -0.4 is 5.32 Å². The molecule has 0 saturated carbocycles. The number of amides is 1. The first-order valence-electron chi connectivity index (χ1n) is 5.30. The Kier molecular flexibility index (Phi) is 3.01. The highest BCUT2D eigenvalue weighted by Gasteiger charge is 2.15. The largest absolute Gasteiger partial charge is 0.508 e. The third-order valence-electron chi connectivity index (χ3n) is 2.56. The SMILES string of the molecule is Cc1n[nH]c(C)c1NC(=O)c1ccc(O)cc1F. The minimum Gasteiger partial charge on any atom is -0.508 e. The van der Waals surface area contributed by atoms with Gasteiger partial charge in [-0.25, -0.2) is 4.39 Å². The zero-order chi connectivity index (χ0) is 13.3. The van der Waals surface area contributed by atoms with Crippen LogP contribution in [0.4, 0.5) is 10.1 Å². The summed E-state index contributed by atoms with van der Waals surface area (Å²) >= 11 is 0. The van der Waals surface area contributed by atoms with Gasteiger partial charge in [-0.2, -0.15) is 5.10 Å². The number of nitrogens with zero attached hydrogens (tertiary/aromatic N) is 1. The number of phenols is 1. The fourth-order valence-corrected chi connectivity index (χ4v) is 1.60. The highest BCUT2D eigenvalue weighted by Crippen LogP contribution is 2.20. The van der Waals surface area contributed by atoms with E-state index in [2.05, 4.69) is 15.5 Å². The first-order valence-corrected chi connectivity index (χ1v) is 5.30. The van der Waals surface area contributed by atoms with E-state index < -0.39 is 11.7 Å². The van der Waals surface area contributed by atoms with E-state index >= 15 is 0 Å². The summed E-state index contributed by atoms with van der Waals surface area (Å²) < 4.78 is 13.5. The van der Waals surface area contributed by atoms with Crippen LogP contribution in [0.15, 0.2) is 18.2 Å². The molecule has 2 rings (SSSR count). The van der Waals surface area contributed by atoms with Crippen LogP contribution in [0.25, 0.3) is 0 Å². The van der Waals surface area contributed by atoms with Gasteiger partial charge in [-0.3, -0.25) is 9.89 Å². The van der Waals surface area contributed by atoms with Gasteiger partial charge in [-0.1, -0.05) is 0 Å². The quantitative estimate of drug-likeness (QED) is 0.762. The number of nitrogens with one attached hydrogen (secondary N) is 2. The maximum Gasteiger partial charge on any atom is 0.258 e. The number of halogens is 1. The molecule has 0 saturated heterocycles. The van der Waals surface area contributed by atoms with Gasteiger partial charge in [-0.15, -0.1) is 0 Å². The Morgan fingerprint density at radius 1 is 1.44 bits per heavy atom. The van der Waals surface area contributed by atoms with E-state index in [1.165, 1.54) is 12.1 Å². The normalized spacial score (nSPS) is 10.4. The highest BCUT2D eigenvalue weighted by molar-refractivity contribution is 6.05. The van der Waals surface area contributed by atoms with Gasteiger partial charge in [-0.05, 0) is 26.0 Å². The molecule has 0 bridgehead atoms. The number of carbonyl (C=O) groups excluding carboxylic acids is 1. The van der Waals surface area contributed by atoms with Crippen LogP contribution in [0.3, 0.4) is 0 Å². The molecule has 6 heteroatoms. The maximum absolute atomic E-state index is 13.5. The van der Waals surface area contributed by atoms with Crippen molar-refractivity contribution in [2.75, 3.05) is 5.32 Å². The van der Waals surface area contributed by atoms with Gasteiger partial charge in [0.2, 0.25) is 0 Å². The predicted molar refractivity (Wildman–Crippen MR) is 64.1 cm³/mol. The van der Waals surface area contributed by atoms with Crippen LogP contribution in [-0.4, -0.2) is 21.2 Å². The fourth-order valence-electron chi connectivity index (χ4n) is 1.60.